The van der Waals surface area contributed by atoms with Crippen LogP contribution in [0, 0.1) is 17.8 Å². The van der Waals surface area contributed by atoms with Gasteiger partial charge in [0.2, 0.25) is 5.91 Å². The van der Waals surface area contributed by atoms with Gasteiger partial charge in [0.1, 0.15) is 11.0 Å². The van der Waals surface area contributed by atoms with E-state index in [4.69, 9.17) is 16.3 Å². The predicted molar refractivity (Wildman–Crippen MR) is 144 cm³/mol. The maximum absolute atomic E-state index is 13.3. The van der Waals surface area contributed by atoms with E-state index in [0.29, 0.717) is 41.6 Å². The molecule has 1 aromatic carbocycles. The van der Waals surface area contributed by atoms with E-state index < -0.39 is 0 Å². The van der Waals surface area contributed by atoms with Crippen LogP contribution in [0.2, 0.25) is 5.15 Å². The number of fused-ring (bicyclic) bond motifs is 1. The number of carbonyl (C=O) groups is 2. The number of carbonyl (C=O) groups excluding carboxylic acids is 2. The van der Waals surface area contributed by atoms with Gasteiger partial charge in [0.25, 0.3) is 5.91 Å². The number of likely N-dealkylation sites (tertiary alicyclic amines) is 2. The third kappa shape index (κ3) is 5.92. The number of halogens is 1. The average Bonchev–Trinajstić information content (AvgIpc) is 3.64. The van der Waals surface area contributed by atoms with E-state index in [1.165, 1.54) is 0 Å². The molecule has 1 aromatic heterocycles. The standard InChI is InChI=1S/C28H36ClN5O3/c1-32(2)26-23(8-9-25(29)31-26)28(36)34-16-21-14-33(15-22(21)17-34)12-10-24(19-6-4-3-5-7-19)30-27(35)20-11-13-37-18-20/h3-9,20-22,24H,10-18H2,1-2H3,(H,30,35)/t20?,21?,22?,24-/m0/s1. The molecule has 8 nitrogen and oxygen atoms in total. The largest absolute Gasteiger partial charge is 0.381 e. The maximum Gasteiger partial charge on any atom is 0.257 e. The van der Waals surface area contributed by atoms with Gasteiger partial charge in [0.15, 0.2) is 0 Å². The summed E-state index contributed by atoms with van der Waals surface area (Å²) in [5.74, 6) is 1.60. The second kappa shape index (κ2) is 11.4. The molecule has 198 valence electrons. The highest BCUT2D eigenvalue weighted by atomic mass is 35.5. The van der Waals surface area contributed by atoms with Crippen LogP contribution in [-0.4, -0.2) is 86.6 Å². The topological polar surface area (TPSA) is 78.0 Å². The number of benzene rings is 1. The molecule has 0 saturated carbocycles. The summed E-state index contributed by atoms with van der Waals surface area (Å²) in [4.78, 5) is 36.8. The van der Waals surface area contributed by atoms with Crippen LogP contribution in [-0.2, 0) is 9.53 Å². The molecule has 0 bridgehead atoms. The van der Waals surface area contributed by atoms with Gasteiger partial charge in [-0.05, 0) is 42.4 Å². The van der Waals surface area contributed by atoms with Crippen molar-refractivity contribution in [2.24, 2.45) is 17.8 Å². The van der Waals surface area contributed by atoms with Crippen molar-refractivity contribution in [2.45, 2.75) is 18.9 Å². The average molecular weight is 526 g/mol. The second-order valence-corrected chi connectivity index (χ2v) is 11.1. The summed E-state index contributed by atoms with van der Waals surface area (Å²) in [6.07, 6.45) is 1.65. The van der Waals surface area contributed by atoms with Gasteiger partial charge in [-0.15, -0.1) is 0 Å². The predicted octanol–water partition coefficient (Wildman–Crippen LogP) is 3.09. The maximum atomic E-state index is 13.3. The lowest BCUT2D eigenvalue weighted by atomic mass is 10.0. The fraction of sp³-hybridized carbons (Fsp3) is 0.536. The van der Waals surface area contributed by atoms with Crippen LogP contribution in [0.15, 0.2) is 42.5 Å². The molecule has 37 heavy (non-hydrogen) atoms. The second-order valence-electron chi connectivity index (χ2n) is 10.7. The molecule has 9 heteroatoms. The van der Waals surface area contributed by atoms with Crippen molar-refractivity contribution in [1.29, 1.82) is 0 Å². The van der Waals surface area contributed by atoms with Crippen molar-refractivity contribution in [1.82, 2.24) is 20.1 Å². The van der Waals surface area contributed by atoms with Gasteiger partial charge in [-0.3, -0.25) is 9.59 Å². The van der Waals surface area contributed by atoms with E-state index in [2.05, 4.69) is 27.3 Å². The molecule has 0 aliphatic carbocycles. The molecular weight excluding hydrogens is 490 g/mol. The Hall–Kier alpha value is -2.68. The number of rotatable bonds is 8. The lowest BCUT2D eigenvalue weighted by Crippen LogP contribution is -2.37. The number of amides is 2. The van der Waals surface area contributed by atoms with Gasteiger partial charge < -0.3 is 24.8 Å². The van der Waals surface area contributed by atoms with E-state index >= 15 is 0 Å². The summed E-state index contributed by atoms with van der Waals surface area (Å²) in [5, 5.41) is 3.68. The third-order valence-electron chi connectivity index (χ3n) is 7.90. The van der Waals surface area contributed by atoms with Crippen LogP contribution in [0.1, 0.15) is 34.8 Å². The molecule has 1 N–H and O–H groups in total. The van der Waals surface area contributed by atoms with E-state index in [1.54, 1.807) is 12.1 Å². The summed E-state index contributed by atoms with van der Waals surface area (Å²) in [6.45, 7) is 5.55. The monoisotopic (exact) mass is 525 g/mol. The van der Waals surface area contributed by atoms with Crippen LogP contribution in [0.25, 0.3) is 0 Å². The number of hydrogen-bond acceptors (Lipinski definition) is 6. The molecule has 0 radical (unpaired) electrons. The van der Waals surface area contributed by atoms with Crippen molar-refractivity contribution < 1.29 is 14.3 Å². The Kier molecular flexibility index (Phi) is 7.98. The van der Waals surface area contributed by atoms with Gasteiger partial charge in [-0.1, -0.05) is 41.9 Å². The van der Waals surface area contributed by atoms with Crippen LogP contribution >= 0.6 is 11.6 Å². The molecule has 4 atom stereocenters. The fourth-order valence-corrected chi connectivity index (χ4v) is 6.04. The molecule has 5 rings (SSSR count). The molecule has 4 heterocycles. The van der Waals surface area contributed by atoms with Crippen molar-refractivity contribution in [3.63, 3.8) is 0 Å². The highest BCUT2D eigenvalue weighted by molar-refractivity contribution is 6.29. The van der Waals surface area contributed by atoms with Gasteiger partial charge in [0, 0.05) is 53.4 Å². The number of anilines is 1. The van der Waals surface area contributed by atoms with E-state index in [9.17, 15) is 9.59 Å². The van der Waals surface area contributed by atoms with Crippen LogP contribution in [0.5, 0.6) is 0 Å². The highest BCUT2D eigenvalue weighted by Gasteiger charge is 2.42. The minimum atomic E-state index is -0.0512. The van der Waals surface area contributed by atoms with Crippen LogP contribution in [0.4, 0.5) is 5.82 Å². The van der Waals surface area contributed by atoms with Crippen molar-refractivity contribution in [2.75, 3.05) is 64.9 Å². The normalized spacial score (nSPS) is 24.2. The molecule has 2 aromatic rings. The van der Waals surface area contributed by atoms with E-state index in [-0.39, 0.29) is 23.8 Å². The molecule has 3 saturated heterocycles. The molecule has 2 amide bonds. The van der Waals surface area contributed by atoms with Gasteiger partial charge in [0.05, 0.1) is 24.1 Å². The first-order valence-electron chi connectivity index (χ1n) is 13.2. The zero-order chi connectivity index (χ0) is 25.9. The number of hydrogen-bond donors (Lipinski definition) is 1. The van der Waals surface area contributed by atoms with Gasteiger partial charge in [-0.25, -0.2) is 4.98 Å². The SMILES string of the molecule is CN(C)c1nc(Cl)ccc1C(=O)N1CC2CN(CC[C@H](NC(=O)C3CCOC3)c3ccccc3)CC2C1. The summed E-state index contributed by atoms with van der Waals surface area (Å²) in [6, 6.07) is 13.7. The minimum absolute atomic E-state index is 0.0188. The van der Waals surface area contributed by atoms with Gasteiger partial charge in [-0.2, -0.15) is 0 Å². The highest BCUT2D eigenvalue weighted by Crippen LogP contribution is 2.33. The number of aromatic nitrogens is 1. The minimum Gasteiger partial charge on any atom is -0.381 e. The van der Waals surface area contributed by atoms with Crippen molar-refractivity contribution in [3.05, 3.63) is 58.7 Å². The van der Waals surface area contributed by atoms with Crippen LogP contribution < -0.4 is 10.2 Å². The van der Waals surface area contributed by atoms with Crippen molar-refractivity contribution in [3.8, 4) is 0 Å². The molecule has 3 fully saturated rings. The Bertz CT molecular complexity index is 1090. The Balaban J connectivity index is 1.17. The first kappa shape index (κ1) is 25.9. The molecular formula is C28H36ClN5O3. The Morgan fingerprint density at radius 1 is 1.11 bits per heavy atom. The smallest absolute Gasteiger partial charge is 0.257 e. The number of nitrogens with one attached hydrogen (secondary N) is 1. The number of nitrogens with zero attached hydrogens (tertiary/aromatic N) is 4. The summed E-state index contributed by atoms with van der Waals surface area (Å²) in [5.41, 5.74) is 1.74. The van der Waals surface area contributed by atoms with Gasteiger partial charge >= 0.3 is 0 Å². The first-order chi connectivity index (χ1) is 17.9. The number of pyridine rings is 1. The van der Waals surface area contributed by atoms with Crippen LogP contribution in [0.3, 0.4) is 0 Å². The quantitative estimate of drug-likeness (QED) is 0.534. The Morgan fingerprint density at radius 3 is 2.49 bits per heavy atom. The van der Waals surface area contributed by atoms with Crippen molar-refractivity contribution >= 4 is 29.2 Å². The zero-order valence-corrected chi connectivity index (χ0v) is 22.4. The molecule has 3 aliphatic heterocycles. The molecule has 0 spiro atoms. The first-order valence-corrected chi connectivity index (χ1v) is 13.6. The number of ether oxygens (including phenoxy) is 1. The zero-order valence-electron chi connectivity index (χ0n) is 21.6. The Labute approximate surface area is 223 Å². The summed E-state index contributed by atoms with van der Waals surface area (Å²) >= 11 is 6.07. The molecule has 3 unspecified atom stereocenters. The fourth-order valence-electron chi connectivity index (χ4n) is 5.89. The van der Waals surface area contributed by atoms with E-state index in [1.807, 2.05) is 42.1 Å². The lowest BCUT2D eigenvalue weighted by Gasteiger charge is -2.26. The Morgan fingerprint density at radius 2 is 1.84 bits per heavy atom. The van der Waals surface area contributed by atoms with E-state index in [0.717, 1.165) is 51.1 Å². The summed E-state index contributed by atoms with van der Waals surface area (Å²) < 4.78 is 5.42. The third-order valence-corrected chi connectivity index (χ3v) is 8.11. The lowest BCUT2D eigenvalue weighted by molar-refractivity contribution is -0.125. The summed E-state index contributed by atoms with van der Waals surface area (Å²) in [7, 11) is 3.75. The molecule has 3 aliphatic rings.